The first-order chi connectivity index (χ1) is 6.54. The molecule has 0 unspecified atom stereocenters. The Kier molecular flexibility index (Phi) is 21.2. The van der Waals surface area contributed by atoms with Crippen molar-refractivity contribution in [3.63, 3.8) is 0 Å². The second-order valence-electron chi connectivity index (χ2n) is 3.11. The Hall–Kier alpha value is -0.508. The van der Waals surface area contributed by atoms with Crippen LogP contribution in [0.25, 0.3) is 0 Å². The fourth-order valence-corrected chi connectivity index (χ4v) is 0.607. The number of hydrogen-bond acceptors (Lipinski definition) is 0. The summed E-state index contributed by atoms with van der Waals surface area (Å²) in [5.41, 5.74) is 1.75. The van der Waals surface area contributed by atoms with Crippen molar-refractivity contribution in [2.24, 2.45) is 0 Å². The van der Waals surface area contributed by atoms with Crippen LogP contribution in [-0.4, -0.2) is 0 Å². The molecule has 0 saturated heterocycles. The minimum atomic E-state index is 0. The first-order valence-electron chi connectivity index (χ1n) is 5.05. The second kappa shape index (κ2) is 15.9. The van der Waals surface area contributed by atoms with Gasteiger partial charge in [0.1, 0.15) is 0 Å². The van der Waals surface area contributed by atoms with Gasteiger partial charge in [0.15, 0.2) is 0 Å². The van der Waals surface area contributed by atoms with Gasteiger partial charge in [-0.25, -0.2) is 23.3 Å². The van der Waals surface area contributed by atoms with Gasteiger partial charge in [-0.1, -0.05) is 40.5 Å². The molecule has 0 spiro atoms. The topological polar surface area (TPSA) is 0 Å². The van der Waals surface area contributed by atoms with Gasteiger partial charge in [0.2, 0.25) is 0 Å². The van der Waals surface area contributed by atoms with Crippen LogP contribution in [0.5, 0.6) is 0 Å². The van der Waals surface area contributed by atoms with Crippen molar-refractivity contribution in [1.29, 1.82) is 0 Å². The van der Waals surface area contributed by atoms with E-state index in [1.807, 2.05) is 38.2 Å². The van der Waals surface area contributed by atoms with Crippen LogP contribution in [-0.2, 0) is 17.4 Å². The van der Waals surface area contributed by atoms with Crippen molar-refractivity contribution in [1.82, 2.24) is 0 Å². The molecule has 0 nitrogen and oxygen atoms in total. The zero-order valence-corrected chi connectivity index (χ0v) is 11.6. The van der Waals surface area contributed by atoms with Crippen molar-refractivity contribution in [2.75, 3.05) is 0 Å². The quantitative estimate of drug-likeness (QED) is 0.497. The molecule has 0 aliphatic heterocycles. The molecule has 15 heavy (non-hydrogen) atoms. The summed E-state index contributed by atoms with van der Waals surface area (Å²) in [4.78, 5) is 0. The Morgan fingerprint density at radius 2 is 1.13 bits per heavy atom. The third kappa shape index (κ3) is 31.7. The van der Waals surface area contributed by atoms with Gasteiger partial charge in [-0.3, -0.25) is 13.2 Å². The van der Waals surface area contributed by atoms with Crippen LogP contribution in [0.1, 0.15) is 40.5 Å². The molecule has 1 heteroatoms. The summed E-state index contributed by atoms with van der Waals surface area (Å²) in [7, 11) is 0. The van der Waals surface area contributed by atoms with Gasteiger partial charge in [-0.2, -0.15) is 12.2 Å². The fraction of sp³-hybridized carbons (Fsp3) is 0.429. The van der Waals surface area contributed by atoms with Gasteiger partial charge in [0.05, 0.1) is 0 Å². The maximum Gasteiger partial charge on any atom is 2.00 e. The van der Waals surface area contributed by atoms with Crippen LogP contribution >= 0.6 is 0 Å². The summed E-state index contributed by atoms with van der Waals surface area (Å²) in [6, 6.07) is 0. The van der Waals surface area contributed by atoms with Crippen LogP contribution in [0.2, 0.25) is 0 Å². The van der Waals surface area contributed by atoms with E-state index in [4.69, 9.17) is 13.2 Å². The zero-order valence-electron chi connectivity index (χ0n) is 10.3. The average Bonchev–Trinajstić information content (AvgIpc) is 2.12. The van der Waals surface area contributed by atoms with Gasteiger partial charge >= 0.3 is 17.4 Å². The molecular weight excluding hydrogens is 220 g/mol. The van der Waals surface area contributed by atoms with Gasteiger partial charge in [-0.05, 0) is 0 Å². The molecule has 0 aromatic rings. The van der Waals surface area contributed by atoms with Crippen LogP contribution in [0.3, 0.4) is 0 Å². The summed E-state index contributed by atoms with van der Waals surface area (Å²) < 4.78 is 0. The van der Waals surface area contributed by atoms with Gasteiger partial charge in [-0.15, -0.1) is 0 Å². The van der Waals surface area contributed by atoms with E-state index in [9.17, 15) is 0 Å². The fourth-order valence-electron chi connectivity index (χ4n) is 0.607. The molecule has 0 atom stereocenters. The van der Waals surface area contributed by atoms with Crippen molar-refractivity contribution in [2.45, 2.75) is 40.5 Å². The van der Waals surface area contributed by atoms with E-state index in [1.165, 1.54) is 0 Å². The second-order valence-corrected chi connectivity index (χ2v) is 3.11. The monoisotopic (exact) mass is 242 g/mol. The van der Waals surface area contributed by atoms with Crippen LogP contribution in [0.15, 0.2) is 35.5 Å². The number of allylic oxidation sites excluding steroid dienone is 6. The first kappa shape index (κ1) is 20.0. The van der Waals surface area contributed by atoms with E-state index >= 15 is 0 Å². The molecule has 84 valence electrons. The first-order valence-corrected chi connectivity index (χ1v) is 5.05. The Balaban J connectivity index is -0.000000180. The van der Waals surface area contributed by atoms with E-state index in [-0.39, 0.29) is 17.4 Å². The smallest absolute Gasteiger partial charge is 0.290 e. The van der Waals surface area contributed by atoms with Gasteiger partial charge in [0.25, 0.3) is 0 Å². The third-order valence-corrected chi connectivity index (χ3v) is 1.23. The molecule has 0 N–H and O–H groups in total. The van der Waals surface area contributed by atoms with Crippen molar-refractivity contribution in [3.05, 3.63) is 48.6 Å². The Morgan fingerprint density at radius 3 is 1.20 bits per heavy atom. The van der Waals surface area contributed by atoms with E-state index in [1.54, 1.807) is 0 Å². The largest absolute Gasteiger partial charge is 2.00 e. The Labute approximate surface area is 107 Å². The maximum absolute atomic E-state index is 5.31. The summed E-state index contributed by atoms with van der Waals surface area (Å²) in [5, 5.41) is 0. The molecule has 0 saturated carbocycles. The van der Waals surface area contributed by atoms with E-state index < -0.39 is 0 Å². The standard InChI is InChI=1S/2C7H11.Cr/c2*1-4-5-6-7(2)3;/h2*2,5-6H,4H2,1,3H3;/q2*-1;+2. The molecule has 0 fully saturated rings. The SMILES string of the molecule is [CH-]=C(C)C=CCC.[CH-]=C(C)C=CCC.[Cr+2]. The van der Waals surface area contributed by atoms with Gasteiger partial charge in [0, 0.05) is 0 Å². The maximum atomic E-state index is 5.31. The van der Waals surface area contributed by atoms with Crippen LogP contribution in [0.4, 0.5) is 0 Å². The Morgan fingerprint density at radius 1 is 0.867 bits per heavy atom. The van der Waals surface area contributed by atoms with Crippen molar-refractivity contribution < 1.29 is 17.4 Å². The molecule has 0 aliphatic rings. The normalized spacial score (nSPS) is 9.33. The molecular formula is C14H22Cr. The van der Waals surface area contributed by atoms with Crippen LogP contribution < -0.4 is 0 Å². The molecule has 0 heterocycles. The number of rotatable bonds is 4. The molecule has 0 rings (SSSR count). The average molecular weight is 242 g/mol. The van der Waals surface area contributed by atoms with Crippen molar-refractivity contribution in [3.8, 4) is 0 Å². The Bertz CT molecular complexity index is 185. The number of hydrogen-bond donors (Lipinski definition) is 0. The van der Waals surface area contributed by atoms with Crippen molar-refractivity contribution >= 4 is 0 Å². The zero-order chi connectivity index (χ0) is 11.4. The molecule has 0 aromatic heterocycles. The molecule has 0 aromatic carbocycles. The van der Waals surface area contributed by atoms with Gasteiger partial charge < -0.3 is 0 Å². The molecule has 0 radical (unpaired) electrons. The minimum Gasteiger partial charge on any atom is -0.290 e. The predicted molar refractivity (Wildman–Crippen MR) is 65.8 cm³/mol. The summed E-state index contributed by atoms with van der Waals surface area (Å²) >= 11 is 0. The van der Waals surface area contributed by atoms with E-state index in [0.717, 1.165) is 24.0 Å². The summed E-state index contributed by atoms with van der Waals surface area (Å²) in [6.07, 6.45) is 10.0. The van der Waals surface area contributed by atoms with E-state index in [0.29, 0.717) is 0 Å². The summed E-state index contributed by atoms with van der Waals surface area (Å²) in [5.74, 6) is 0. The van der Waals surface area contributed by atoms with Crippen LogP contribution in [0, 0.1) is 13.2 Å². The molecule has 0 aliphatic carbocycles. The summed E-state index contributed by atoms with van der Waals surface area (Å²) in [6.45, 7) is 18.5. The minimum absolute atomic E-state index is 0. The molecule has 0 bridgehead atoms. The predicted octanol–water partition coefficient (Wildman–Crippen LogP) is 4.66. The van der Waals surface area contributed by atoms with E-state index in [2.05, 4.69) is 13.8 Å². The molecule has 0 amide bonds. The third-order valence-electron chi connectivity index (χ3n) is 1.23.